The molecule has 3 N–H and O–H groups in total. The third-order valence-corrected chi connectivity index (χ3v) is 1.93. The Balaban J connectivity index is 3.47. The van der Waals surface area contributed by atoms with Crippen molar-refractivity contribution in [1.82, 2.24) is 4.72 Å². The summed E-state index contributed by atoms with van der Waals surface area (Å²) in [5.74, 6) is 0.676. The number of rotatable bonds is 6. The van der Waals surface area contributed by atoms with E-state index in [0.717, 1.165) is 5.75 Å². The van der Waals surface area contributed by atoms with Gasteiger partial charge in [-0.05, 0) is 6.92 Å². The van der Waals surface area contributed by atoms with Gasteiger partial charge in [0.1, 0.15) is 12.6 Å². The first-order chi connectivity index (χ1) is 5.72. The predicted octanol–water partition coefficient (Wildman–Crippen LogP) is 0.134. The van der Waals surface area contributed by atoms with Gasteiger partial charge in [0.15, 0.2) is 0 Å². The molecule has 0 spiro atoms. The van der Waals surface area contributed by atoms with Crippen LogP contribution in [0.5, 0.6) is 0 Å². The Labute approximate surface area is 77.4 Å². The highest BCUT2D eigenvalue weighted by atomic mass is 32.2. The molecule has 0 aliphatic heterocycles. The van der Waals surface area contributed by atoms with Crippen LogP contribution in [-0.4, -0.2) is 30.9 Å². The summed E-state index contributed by atoms with van der Waals surface area (Å²) in [6, 6.07) is -0.263. The Morgan fingerprint density at radius 1 is 1.75 bits per heavy atom. The zero-order chi connectivity index (χ0) is 9.40. The van der Waals surface area contributed by atoms with Crippen LogP contribution in [0, 0.1) is 0 Å². The van der Waals surface area contributed by atoms with Gasteiger partial charge >= 0.3 is 5.97 Å². The highest BCUT2D eigenvalue weighted by Gasteiger charge is 2.12. The number of hydrogen-bond donors (Lipinski definition) is 2. The van der Waals surface area contributed by atoms with E-state index in [1.165, 1.54) is 11.9 Å². The van der Waals surface area contributed by atoms with Crippen molar-refractivity contribution >= 4 is 17.9 Å². The molecule has 0 amide bonds. The minimum Gasteiger partial charge on any atom is -0.463 e. The summed E-state index contributed by atoms with van der Waals surface area (Å²) in [5, 5.41) is 0. The molecule has 0 fully saturated rings. The summed E-state index contributed by atoms with van der Waals surface area (Å²) < 4.78 is 7.75. The molecule has 72 valence electrons. The number of carbonyl (C=O) groups excluding carboxylic acids is 1. The molecule has 5 heteroatoms. The molecule has 0 saturated carbocycles. The molecule has 1 atom stereocenters. The van der Waals surface area contributed by atoms with E-state index in [2.05, 4.69) is 4.72 Å². The Bertz CT molecular complexity index is 133. The van der Waals surface area contributed by atoms with Crippen molar-refractivity contribution in [3.05, 3.63) is 0 Å². The lowest BCUT2D eigenvalue weighted by molar-refractivity contribution is -0.144. The van der Waals surface area contributed by atoms with E-state index >= 15 is 0 Å². The summed E-state index contributed by atoms with van der Waals surface area (Å²) >= 11 is 1.50. The highest BCUT2D eigenvalue weighted by molar-refractivity contribution is 7.97. The van der Waals surface area contributed by atoms with Gasteiger partial charge in [-0.15, -0.1) is 0 Å². The average molecular weight is 192 g/mol. The Hall–Kier alpha value is -0.260. The van der Waals surface area contributed by atoms with Gasteiger partial charge in [0.25, 0.3) is 0 Å². The van der Waals surface area contributed by atoms with Crippen LogP contribution >= 0.6 is 11.9 Å². The maximum Gasteiger partial charge on any atom is 0.323 e. The zero-order valence-electron chi connectivity index (χ0n) is 7.50. The van der Waals surface area contributed by atoms with Crippen molar-refractivity contribution in [2.45, 2.75) is 19.9 Å². The van der Waals surface area contributed by atoms with Gasteiger partial charge in [0, 0.05) is 12.3 Å². The Morgan fingerprint density at radius 2 is 2.42 bits per heavy atom. The van der Waals surface area contributed by atoms with Crippen molar-refractivity contribution in [3.8, 4) is 0 Å². The molecular formula is C7H16N2O2S. The molecule has 0 aromatic heterocycles. The quantitative estimate of drug-likeness (QED) is 0.463. The topological polar surface area (TPSA) is 64.3 Å². The van der Waals surface area contributed by atoms with Crippen LogP contribution in [0.2, 0.25) is 0 Å². The predicted molar refractivity (Wildman–Crippen MR) is 50.7 cm³/mol. The standard InChI is InChI=1S/C7H16N2O2S/c1-3-12-9-6(2)7(10)11-5-4-8/h6,9H,3-5,8H2,1-2H3/t6-/m0/s1. The van der Waals surface area contributed by atoms with Crippen LogP contribution in [-0.2, 0) is 9.53 Å². The van der Waals surface area contributed by atoms with Gasteiger partial charge in [-0.25, -0.2) is 0 Å². The minimum absolute atomic E-state index is 0.249. The second-order valence-electron chi connectivity index (χ2n) is 2.23. The number of ether oxygens (including phenoxy) is 1. The molecule has 12 heavy (non-hydrogen) atoms. The fourth-order valence-electron chi connectivity index (χ4n) is 0.541. The molecule has 0 aliphatic carbocycles. The number of esters is 1. The van der Waals surface area contributed by atoms with E-state index in [1.807, 2.05) is 6.92 Å². The van der Waals surface area contributed by atoms with Crippen molar-refractivity contribution < 1.29 is 9.53 Å². The first-order valence-electron chi connectivity index (χ1n) is 3.96. The summed E-state index contributed by atoms with van der Waals surface area (Å²) in [7, 11) is 0. The number of nitrogens with two attached hydrogens (primary N) is 1. The smallest absolute Gasteiger partial charge is 0.323 e. The van der Waals surface area contributed by atoms with Crippen LogP contribution < -0.4 is 10.5 Å². The Morgan fingerprint density at radius 3 is 2.92 bits per heavy atom. The number of carbonyl (C=O) groups is 1. The van der Waals surface area contributed by atoms with Crippen molar-refractivity contribution in [3.63, 3.8) is 0 Å². The van der Waals surface area contributed by atoms with Crippen LogP contribution in [0.4, 0.5) is 0 Å². The molecule has 0 bridgehead atoms. The van der Waals surface area contributed by atoms with Gasteiger partial charge in [0.2, 0.25) is 0 Å². The fourth-order valence-corrected chi connectivity index (χ4v) is 1.05. The molecular weight excluding hydrogens is 176 g/mol. The zero-order valence-corrected chi connectivity index (χ0v) is 8.32. The van der Waals surface area contributed by atoms with E-state index < -0.39 is 0 Å². The van der Waals surface area contributed by atoms with Crippen molar-refractivity contribution in [2.24, 2.45) is 5.73 Å². The lowest BCUT2D eigenvalue weighted by atomic mass is 10.4. The van der Waals surface area contributed by atoms with E-state index in [1.54, 1.807) is 6.92 Å². The van der Waals surface area contributed by atoms with Crippen LogP contribution in [0.3, 0.4) is 0 Å². The number of nitrogens with one attached hydrogen (secondary N) is 1. The van der Waals surface area contributed by atoms with Gasteiger partial charge in [-0.3, -0.25) is 9.52 Å². The molecule has 0 radical (unpaired) electrons. The second kappa shape index (κ2) is 7.39. The van der Waals surface area contributed by atoms with E-state index in [9.17, 15) is 4.79 Å². The van der Waals surface area contributed by atoms with E-state index in [-0.39, 0.29) is 12.0 Å². The molecule has 0 unspecified atom stereocenters. The largest absolute Gasteiger partial charge is 0.463 e. The van der Waals surface area contributed by atoms with Gasteiger partial charge in [-0.1, -0.05) is 18.9 Å². The molecule has 0 aliphatic rings. The third kappa shape index (κ3) is 5.40. The maximum atomic E-state index is 11.1. The minimum atomic E-state index is -0.263. The lowest BCUT2D eigenvalue weighted by Gasteiger charge is -2.10. The van der Waals surface area contributed by atoms with Gasteiger partial charge < -0.3 is 10.5 Å². The Kier molecular flexibility index (Phi) is 7.23. The summed E-state index contributed by atoms with van der Waals surface area (Å²) in [6.45, 7) is 4.44. The average Bonchev–Trinajstić information content (AvgIpc) is 2.10. The monoisotopic (exact) mass is 192 g/mol. The van der Waals surface area contributed by atoms with E-state index in [0.29, 0.717) is 13.2 Å². The summed E-state index contributed by atoms with van der Waals surface area (Å²) in [4.78, 5) is 11.1. The molecule has 0 aromatic rings. The first kappa shape index (κ1) is 11.7. The van der Waals surface area contributed by atoms with Crippen molar-refractivity contribution in [1.29, 1.82) is 0 Å². The van der Waals surface area contributed by atoms with Crippen LogP contribution in [0.1, 0.15) is 13.8 Å². The molecule has 4 nitrogen and oxygen atoms in total. The second-order valence-corrected chi connectivity index (χ2v) is 3.33. The highest BCUT2D eigenvalue weighted by Crippen LogP contribution is 1.96. The molecule has 0 aromatic carbocycles. The number of hydrogen-bond acceptors (Lipinski definition) is 5. The van der Waals surface area contributed by atoms with Crippen molar-refractivity contribution in [2.75, 3.05) is 18.9 Å². The normalized spacial score (nSPS) is 12.6. The van der Waals surface area contributed by atoms with Gasteiger partial charge in [-0.2, -0.15) is 0 Å². The van der Waals surface area contributed by atoms with Crippen LogP contribution in [0.15, 0.2) is 0 Å². The van der Waals surface area contributed by atoms with Gasteiger partial charge in [0.05, 0.1) is 0 Å². The lowest BCUT2D eigenvalue weighted by Crippen LogP contribution is -2.32. The first-order valence-corrected chi connectivity index (χ1v) is 4.95. The fraction of sp³-hybridized carbons (Fsp3) is 0.857. The maximum absolute atomic E-state index is 11.1. The van der Waals surface area contributed by atoms with E-state index in [4.69, 9.17) is 10.5 Å². The molecule has 0 heterocycles. The molecule has 0 saturated heterocycles. The van der Waals surface area contributed by atoms with Crippen LogP contribution in [0.25, 0.3) is 0 Å². The summed E-state index contributed by atoms with van der Waals surface area (Å²) in [6.07, 6.45) is 0. The SMILES string of the molecule is CCSN[C@@H](C)C(=O)OCCN. The molecule has 0 rings (SSSR count). The third-order valence-electron chi connectivity index (χ3n) is 1.12. The summed E-state index contributed by atoms with van der Waals surface area (Å²) in [5.41, 5.74) is 5.17.